The van der Waals surface area contributed by atoms with Gasteiger partial charge < -0.3 is 3.83 Å². The summed E-state index contributed by atoms with van der Waals surface area (Å²) in [5.74, 6) is -0.354. The second-order valence-electron chi connectivity index (χ2n) is 2.61. The fraction of sp³-hybridized carbons (Fsp3) is 0.222. The van der Waals surface area contributed by atoms with Gasteiger partial charge in [0.1, 0.15) is 0 Å². The van der Waals surface area contributed by atoms with E-state index >= 15 is 0 Å². The molecule has 0 unspecified atom stereocenters. The van der Waals surface area contributed by atoms with Gasteiger partial charge in [0.15, 0.2) is 16.3 Å². The molecule has 0 saturated carbocycles. The van der Waals surface area contributed by atoms with E-state index in [0.29, 0.717) is 10.9 Å². The third kappa shape index (κ3) is 2.31. The zero-order chi connectivity index (χ0) is 9.84. The van der Waals surface area contributed by atoms with Crippen molar-refractivity contribution in [2.75, 3.05) is 0 Å². The molecule has 0 fully saturated rings. The Morgan fingerprint density at radius 1 is 1.54 bits per heavy atom. The number of hydrogen-bond acceptors (Lipinski definition) is 2. The van der Waals surface area contributed by atoms with Crippen molar-refractivity contribution in [1.29, 1.82) is 0 Å². The summed E-state index contributed by atoms with van der Waals surface area (Å²) >= 11 is 6.00. The van der Waals surface area contributed by atoms with E-state index in [1.165, 1.54) is 0 Å². The van der Waals surface area contributed by atoms with Crippen LogP contribution in [0.5, 0.6) is 0 Å². The lowest BCUT2D eigenvalue weighted by atomic mass is 10.0. The fourth-order valence-electron chi connectivity index (χ4n) is 1.17. The first kappa shape index (κ1) is 10.7. The maximum absolute atomic E-state index is 11.3. The van der Waals surface area contributed by atoms with Crippen molar-refractivity contribution in [2.24, 2.45) is 0 Å². The van der Waals surface area contributed by atoms with Crippen molar-refractivity contribution in [3.63, 3.8) is 0 Å². The topological polar surface area (TPSA) is 26.3 Å². The Hall–Kier alpha value is -0.350. The highest BCUT2D eigenvalue weighted by molar-refractivity contribution is 9.08. The maximum Gasteiger partial charge on any atom is 0.350 e. The van der Waals surface area contributed by atoms with Crippen LogP contribution < -0.4 is 0 Å². The Morgan fingerprint density at radius 2 is 2.23 bits per heavy atom. The third-order valence-electron chi connectivity index (χ3n) is 1.78. The van der Waals surface area contributed by atoms with Crippen molar-refractivity contribution >= 4 is 38.2 Å². The van der Waals surface area contributed by atoms with Crippen LogP contribution in [0, 0.1) is 6.92 Å². The first-order valence-corrected chi connectivity index (χ1v) is 5.45. The van der Waals surface area contributed by atoms with Gasteiger partial charge in [0, 0.05) is 5.33 Å². The minimum atomic E-state index is -0.354. The third-order valence-corrected chi connectivity index (χ3v) is 2.68. The number of aryl methyl sites for hydroxylation is 1. The van der Waals surface area contributed by atoms with E-state index in [1.807, 2.05) is 25.1 Å². The fourth-order valence-corrected chi connectivity index (χ4v) is 1.80. The minimum Gasteiger partial charge on any atom is -0.380 e. The van der Waals surface area contributed by atoms with Crippen LogP contribution in [0.1, 0.15) is 21.5 Å². The Morgan fingerprint density at radius 3 is 2.77 bits per heavy atom. The van der Waals surface area contributed by atoms with E-state index < -0.39 is 0 Å². The molecule has 0 N–H and O–H groups in total. The summed E-state index contributed by atoms with van der Waals surface area (Å²) in [4.78, 5) is 11.3. The number of rotatable bonds is 2. The highest BCUT2D eigenvalue weighted by Crippen LogP contribution is 2.18. The lowest BCUT2D eigenvalue weighted by molar-refractivity contribution is 0.0780. The Balaban J connectivity index is 3.22. The van der Waals surface area contributed by atoms with Crippen LogP contribution in [-0.4, -0.2) is 5.97 Å². The van der Waals surface area contributed by atoms with Gasteiger partial charge in [-0.25, -0.2) is 4.79 Å². The van der Waals surface area contributed by atoms with Crippen LogP contribution >= 0.6 is 32.2 Å². The van der Waals surface area contributed by atoms with Gasteiger partial charge in [0.2, 0.25) is 0 Å². The van der Waals surface area contributed by atoms with Crippen molar-refractivity contribution in [3.8, 4) is 0 Å². The Kier molecular flexibility index (Phi) is 3.93. The zero-order valence-corrected chi connectivity index (χ0v) is 10.2. The molecule has 13 heavy (non-hydrogen) atoms. The second-order valence-corrected chi connectivity index (χ2v) is 3.49. The molecule has 1 rings (SSSR count). The quantitative estimate of drug-likeness (QED) is 0.783. The van der Waals surface area contributed by atoms with Gasteiger partial charge in [-0.05, 0) is 18.1 Å². The second kappa shape index (κ2) is 4.77. The molecule has 70 valence electrons. The molecule has 0 aliphatic carbocycles. The Labute approximate surface area is 93.9 Å². The summed E-state index contributed by atoms with van der Waals surface area (Å²) in [7, 11) is 0. The number of halogens is 2. The number of alkyl halides is 1. The molecule has 0 saturated heterocycles. The van der Waals surface area contributed by atoms with Gasteiger partial charge in [-0.1, -0.05) is 34.1 Å². The SMILES string of the molecule is Cc1cccc(CBr)c1C(=O)OBr. The molecule has 1 aromatic carbocycles. The highest BCUT2D eigenvalue weighted by atomic mass is 79.9. The summed E-state index contributed by atoms with van der Waals surface area (Å²) in [6.07, 6.45) is 0. The van der Waals surface area contributed by atoms with Gasteiger partial charge in [0.05, 0.1) is 5.56 Å². The van der Waals surface area contributed by atoms with E-state index in [2.05, 4.69) is 36.0 Å². The van der Waals surface area contributed by atoms with Crippen LogP contribution in [0.15, 0.2) is 18.2 Å². The van der Waals surface area contributed by atoms with Crippen LogP contribution in [0.3, 0.4) is 0 Å². The molecule has 0 aromatic heterocycles. The summed E-state index contributed by atoms with van der Waals surface area (Å²) in [5.41, 5.74) is 2.47. The molecule has 0 spiro atoms. The lowest BCUT2D eigenvalue weighted by Crippen LogP contribution is -2.04. The van der Waals surface area contributed by atoms with Crippen molar-refractivity contribution in [2.45, 2.75) is 12.3 Å². The summed E-state index contributed by atoms with van der Waals surface area (Å²) < 4.78 is 4.51. The van der Waals surface area contributed by atoms with Gasteiger partial charge >= 0.3 is 5.97 Å². The first-order valence-electron chi connectivity index (χ1n) is 3.68. The van der Waals surface area contributed by atoms with E-state index in [4.69, 9.17) is 0 Å². The predicted molar refractivity (Wildman–Crippen MR) is 58.2 cm³/mol. The number of benzene rings is 1. The van der Waals surface area contributed by atoms with Crippen molar-refractivity contribution in [3.05, 3.63) is 34.9 Å². The smallest absolute Gasteiger partial charge is 0.350 e. The molecule has 0 aliphatic rings. The molecular weight excluding hydrogens is 300 g/mol. The van der Waals surface area contributed by atoms with Crippen LogP contribution in [-0.2, 0) is 9.16 Å². The molecular formula is C9H8Br2O2. The summed E-state index contributed by atoms with van der Waals surface area (Å²) in [6.45, 7) is 1.88. The van der Waals surface area contributed by atoms with E-state index in [-0.39, 0.29) is 5.97 Å². The van der Waals surface area contributed by atoms with Crippen LogP contribution in [0.25, 0.3) is 0 Å². The molecule has 2 nitrogen and oxygen atoms in total. The maximum atomic E-state index is 11.3. The molecule has 1 aromatic rings. The largest absolute Gasteiger partial charge is 0.380 e. The van der Waals surface area contributed by atoms with E-state index in [9.17, 15) is 4.79 Å². The monoisotopic (exact) mass is 306 g/mol. The number of carbonyl (C=O) groups is 1. The van der Waals surface area contributed by atoms with Crippen molar-refractivity contribution < 1.29 is 8.62 Å². The molecule has 0 amide bonds. The van der Waals surface area contributed by atoms with Crippen LogP contribution in [0.2, 0.25) is 0 Å². The van der Waals surface area contributed by atoms with Crippen molar-refractivity contribution in [1.82, 2.24) is 0 Å². The summed E-state index contributed by atoms with van der Waals surface area (Å²) in [6, 6.07) is 5.68. The first-order chi connectivity index (χ1) is 6.20. The van der Waals surface area contributed by atoms with Gasteiger partial charge in [-0.2, -0.15) is 0 Å². The summed E-state index contributed by atoms with van der Waals surface area (Å²) in [5, 5.41) is 0.645. The number of hydrogen-bond donors (Lipinski definition) is 0. The average molecular weight is 308 g/mol. The highest BCUT2D eigenvalue weighted by Gasteiger charge is 2.13. The normalized spacial score (nSPS) is 9.77. The minimum absolute atomic E-state index is 0.354. The van der Waals surface area contributed by atoms with E-state index in [0.717, 1.165) is 11.1 Å². The standard InChI is InChI=1S/C9H8Br2O2/c1-6-3-2-4-7(5-10)8(6)9(12)13-11/h2-4H,5H2,1H3. The number of carbonyl (C=O) groups excluding carboxylic acids is 1. The average Bonchev–Trinajstić information content (AvgIpc) is 2.16. The molecule has 0 radical (unpaired) electrons. The Bertz CT molecular complexity index is 323. The molecule has 0 atom stereocenters. The molecule has 0 heterocycles. The molecule has 4 heteroatoms. The van der Waals surface area contributed by atoms with E-state index in [1.54, 1.807) is 0 Å². The molecule has 0 bridgehead atoms. The van der Waals surface area contributed by atoms with Gasteiger partial charge in [-0.15, -0.1) is 0 Å². The zero-order valence-electron chi connectivity index (χ0n) is 7.01. The van der Waals surface area contributed by atoms with Crippen LogP contribution in [0.4, 0.5) is 0 Å². The predicted octanol–water partition coefficient (Wildman–Crippen LogP) is 3.36. The van der Waals surface area contributed by atoms with Gasteiger partial charge in [-0.3, -0.25) is 0 Å². The van der Waals surface area contributed by atoms with Gasteiger partial charge in [0.25, 0.3) is 0 Å². The lowest BCUT2D eigenvalue weighted by Gasteiger charge is -2.06. The molecule has 0 aliphatic heterocycles.